The van der Waals surface area contributed by atoms with Gasteiger partial charge in [-0.2, -0.15) is 0 Å². The Labute approximate surface area is 129 Å². The van der Waals surface area contributed by atoms with Gasteiger partial charge < -0.3 is 14.7 Å². The largest absolute Gasteiger partial charge is 0.385 e. The molecule has 1 saturated heterocycles. The van der Waals surface area contributed by atoms with Gasteiger partial charge in [-0.3, -0.25) is 0 Å². The lowest BCUT2D eigenvalue weighted by atomic mass is 9.83. The standard InChI is InChI=1S/C17H23F2NO2/c1-22-13-6-5-12(11-13)20-9-7-17(21,8-10-20)16-14(18)3-2-4-15(16)19/h2-4,12-13,21H,5-11H2,1H3. The van der Waals surface area contributed by atoms with E-state index >= 15 is 0 Å². The molecule has 0 amide bonds. The molecule has 3 rings (SSSR count). The minimum Gasteiger partial charge on any atom is -0.385 e. The summed E-state index contributed by atoms with van der Waals surface area (Å²) in [5.74, 6) is -1.31. The van der Waals surface area contributed by atoms with E-state index in [4.69, 9.17) is 4.74 Å². The molecule has 1 saturated carbocycles. The molecule has 122 valence electrons. The van der Waals surface area contributed by atoms with Gasteiger partial charge in [0.2, 0.25) is 0 Å². The fraction of sp³-hybridized carbons (Fsp3) is 0.647. The molecule has 0 bridgehead atoms. The Morgan fingerprint density at radius 2 is 1.82 bits per heavy atom. The van der Waals surface area contributed by atoms with Crippen molar-refractivity contribution in [1.82, 2.24) is 4.90 Å². The third-order valence-corrected chi connectivity index (χ3v) is 5.26. The molecular weight excluding hydrogens is 288 g/mol. The predicted molar refractivity (Wildman–Crippen MR) is 79.5 cm³/mol. The first-order valence-electron chi connectivity index (χ1n) is 7.97. The minimum atomic E-state index is -1.40. The molecular formula is C17H23F2NO2. The van der Waals surface area contributed by atoms with Crippen molar-refractivity contribution in [3.05, 3.63) is 35.4 Å². The molecule has 1 aromatic carbocycles. The predicted octanol–water partition coefficient (Wildman–Crippen LogP) is 2.82. The van der Waals surface area contributed by atoms with Gasteiger partial charge in [0.1, 0.15) is 11.6 Å². The van der Waals surface area contributed by atoms with Gasteiger partial charge in [0, 0.05) is 26.2 Å². The molecule has 2 unspecified atom stereocenters. The average molecular weight is 311 g/mol. The van der Waals surface area contributed by atoms with Crippen LogP contribution in [0.4, 0.5) is 8.78 Å². The van der Waals surface area contributed by atoms with Crippen molar-refractivity contribution in [3.8, 4) is 0 Å². The molecule has 2 fully saturated rings. The Hall–Kier alpha value is -1.04. The van der Waals surface area contributed by atoms with Gasteiger partial charge in [-0.05, 0) is 44.2 Å². The lowest BCUT2D eigenvalue weighted by Crippen LogP contribution is -2.47. The van der Waals surface area contributed by atoms with E-state index in [9.17, 15) is 13.9 Å². The van der Waals surface area contributed by atoms with Gasteiger partial charge in [0.25, 0.3) is 0 Å². The molecule has 0 aromatic heterocycles. The lowest BCUT2D eigenvalue weighted by Gasteiger charge is -2.41. The monoisotopic (exact) mass is 311 g/mol. The smallest absolute Gasteiger partial charge is 0.132 e. The van der Waals surface area contributed by atoms with Crippen LogP contribution in [0.1, 0.15) is 37.7 Å². The van der Waals surface area contributed by atoms with Gasteiger partial charge in [0.05, 0.1) is 17.3 Å². The van der Waals surface area contributed by atoms with Crippen molar-refractivity contribution in [2.24, 2.45) is 0 Å². The normalized spacial score (nSPS) is 28.9. The zero-order valence-corrected chi connectivity index (χ0v) is 12.9. The van der Waals surface area contributed by atoms with Crippen LogP contribution in [0, 0.1) is 11.6 Å². The molecule has 2 atom stereocenters. The second kappa shape index (κ2) is 6.22. The summed E-state index contributed by atoms with van der Waals surface area (Å²) in [6.07, 6.45) is 4.19. The highest BCUT2D eigenvalue weighted by Gasteiger charge is 2.40. The molecule has 1 aliphatic carbocycles. The molecule has 5 heteroatoms. The zero-order chi connectivity index (χ0) is 15.7. The number of ether oxygens (including phenoxy) is 1. The number of hydrogen-bond donors (Lipinski definition) is 1. The van der Waals surface area contributed by atoms with E-state index in [0.717, 1.165) is 19.3 Å². The summed E-state index contributed by atoms with van der Waals surface area (Å²) in [5.41, 5.74) is -1.57. The molecule has 22 heavy (non-hydrogen) atoms. The van der Waals surface area contributed by atoms with Gasteiger partial charge >= 0.3 is 0 Å². The van der Waals surface area contributed by atoms with Crippen molar-refractivity contribution >= 4 is 0 Å². The Balaban J connectivity index is 1.68. The zero-order valence-electron chi connectivity index (χ0n) is 12.9. The maximum Gasteiger partial charge on any atom is 0.132 e. The molecule has 1 heterocycles. The maximum atomic E-state index is 13.9. The Morgan fingerprint density at radius 3 is 2.36 bits per heavy atom. The topological polar surface area (TPSA) is 32.7 Å². The van der Waals surface area contributed by atoms with Crippen LogP contribution in [0.5, 0.6) is 0 Å². The van der Waals surface area contributed by atoms with Crippen molar-refractivity contribution < 1.29 is 18.6 Å². The maximum absolute atomic E-state index is 13.9. The van der Waals surface area contributed by atoms with E-state index < -0.39 is 17.2 Å². The molecule has 1 aliphatic heterocycles. The van der Waals surface area contributed by atoms with Gasteiger partial charge in [-0.25, -0.2) is 8.78 Å². The lowest BCUT2D eigenvalue weighted by molar-refractivity contribution is -0.0411. The van der Waals surface area contributed by atoms with Crippen LogP contribution in [0.25, 0.3) is 0 Å². The van der Waals surface area contributed by atoms with E-state index in [0.29, 0.717) is 38.1 Å². The molecule has 0 spiro atoms. The number of hydrogen-bond acceptors (Lipinski definition) is 3. The first-order chi connectivity index (χ1) is 10.5. The fourth-order valence-electron chi connectivity index (χ4n) is 3.91. The van der Waals surface area contributed by atoms with Crippen LogP contribution in [-0.4, -0.2) is 42.4 Å². The second-order valence-electron chi connectivity index (χ2n) is 6.49. The molecule has 3 nitrogen and oxygen atoms in total. The highest BCUT2D eigenvalue weighted by Crippen LogP contribution is 2.38. The number of aliphatic hydroxyl groups is 1. The Kier molecular flexibility index (Phi) is 4.48. The highest BCUT2D eigenvalue weighted by atomic mass is 19.1. The summed E-state index contributed by atoms with van der Waals surface area (Å²) in [4.78, 5) is 2.33. The molecule has 0 radical (unpaired) electrons. The van der Waals surface area contributed by atoms with Crippen LogP contribution < -0.4 is 0 Å². The summed E-state index contributed by atoms with van der Waals surface area (Å²) in [6.45, 7) is 1.32. The molecule has 1 aromatic rings. The minimum absolute atomic E-state index is 0.171. The third kappa shape index (κ3) is 2.90. The number of halogens is 2. The van der Waals surface area contributed by atoms with Gasteiger partial charge in [-0.1, -0.05) is 6.07 Å². The second-order valence-corrected chi connectivity index (χ2v) is 6.49. The van der Waals surface area contributed by atoms with Crippen molar-refractivity contribution in [3.63, 3.8) is 0 Å². The first-order valence-corrected chi connectivity index (χ1v) is 7.97. The molecule has 2 aliphatic rings. The number of likely N-dealkylation sites (tertiary alicyclic amines) is 1. The van der Waals surface area contributed by atoms with E-state index in [2.05, 4.69) is 4.90 Å². The number of piperidine rings is 1. The Morgan fingerprint density at radius 1 is 1.18 bits per heavy atom. The summed E-state index contributed by atoms with van der Waals surface area (Å²) >= 11 is 0. The highest BCUT2D eigenvalue weighted by molar-refractivity contribution is 5.27. The average Bonchev–Trinajstić information content (AvgIpc) is 2.96. The van der Waals surface area contributed by atoms with Crippen molar-refractivity contribution in [1.29, 1.82) is 0 Å². The van der Waals surface area contributed by atoms with E-state index in [1.165, 1.54) is 18.2 Å². The fourth-order valence-corrected chi connectivity index (χ4v) is 3.91. The SMILES string of the molecule is COC1CCC(N2CCC(O)(c3c(F)cccc3F)CC2)C1. The van der Waals surface area contributed by atoms with Gasteiger partial charge in [-0.15, -0.1) is 0 Å². The summed E-state index contributed by atoms with van der Waals surface area (Å²) in [6, 6.07) is 4.21. The van der Waals surface area contributed by atoms with Crippen LogP contribution in [0.15, 0.2) is 18.2 Å². The van der Waals surface area contributed by atoms with Crippen LogP contribution in [0.3, 0.4) is 0 Å². The molecule has 1 N–H and O–H groups in total. The Bertz CT molecular complexity index is 509. The number of methoxy groups -OCH3 is 1. The number of nitrogens with zero attached hydrogens (tertiary/aromatic N) is 1. The first kappa shape index (κ1) is 15.8. The third-order valence-electron chi connectivity index (χ3n) is 5.26. The van der Waals surface area contributed by atoms with Crippen LogP contribution >= 0.6 is 0 Å². The van der Waals surface area contributed by atoms with E-state index in [-0.39, 0.29) is 5.56 Å². The quantitative estimate of drug-likeness (QED) is 0.932. The summed E-state index contributed by atoms with van der Waals surface area (Å²) in [5, 5.41) is 10.7. The van der Waals surface area contributed by atoms with Crippen molar-refractivity contribution in [2.45, 2.75) is 49.9 Å². The van der Waals surface area contributed by atoms with Crippen LogP contribution in [-0.2, 0) is 10.3 Å². The van der Waals surface area contributed by atoms with Crippen molar-refractivity contribution in [2.75, 3.05) is 20.2 Å². The van der Waals surface area contributed by atoms with E-state index in [1.807, 2.05) is 0 Å². The number of rotatable bonds is 3. The van der Waals surface area contributed by atoms with Gasteiger partial charge in [0.15, 0.2) is 0 Å². The summed E-state index contributed by atoms with van der Waals surface area (Å²) in [7, 11) is 1.74. The summed E-state index contributed by atoms with van der Waals surface area (Å²) < 4.78 is 33.3. The number of benzene rings is 1. The van der Waals surface area contributed by atoms with E-state index in [1.54, 1.807) is 7.11 Å². The van der Waals surface area contributed by atoms with Crippen LogP contribution in [0.2, 0.25) is 0 Å².